The van der Waals surface area contributed by atoms with Gasteiger partial charge in [0.1, 0.15) is 4.90 Å². The second kappa shape index (κ2) is 8.36. The summed E-state index contributed by atoms with van der Waals surface area (Å²) >= 11 is 0. The zero-order valence-electron chi connectivity index (χ0n) is 17.8. The van der Waals surface area contributed by atoms with E-state index in [1.807, 2.05) is 19.9 Å². The summed E-state index contributed by atoms with van der Waals surface area (Å²) in [6.45, 7) is 6.84. The molecule has 1 saturated heterocycles. The molecular weight excluding hydrogens is 420 g/mol. The van der Waals surface area contributed by atoms with Crippen LogP contribution in [0.2, 0.25) is 0 Å². The number of rotatable bonds is 6. The topological polar surface area (TPSA) is 111 Å². The lowest BCUT2D eigenvalue weighted by Crippen LogP contribution is -2.49. The van der Waals surface area contributed by atoms with E-state index in [1.165, 1.54) is 32.1 Å². The van der Waals surface area contributed by atoms with E-state index < -0.39 is 10.0 Å². The second-order valence-electron chi connectivity index (χ2n) is 7.69. The maximum atomic E-state index is 12.7. The molecule has 4 heterocycles. The Labute approximate surface area is 180 Å². The van der Waals surface area contributed by atoms with E-state index in [4.69, 9.17) is 0 Å². The Kier molecular flexibility index (Phi) is 5.77. The van der Waals surface area contributed by atoms with Crippen LogP contribution in [0.4, 0.5) is 0 Å². The van der Waals surface area contributed by atoms with Gasteiger partial charge in [-0.05, 0) is 26.0 Å². The molecule has 12 heteroatoms. The molecule has 0 aliphatic carbocycles. The van der Waals surface area contributed by atoms with E-state index in [-0.39, 0.29) is 10.5 Å². The zero-order valence-corrected chi connectivity index (χ0v) is 18.7. The van der Waals surface area contributed by atoms with Crippen molar-refractivity contribution in [2.75, 3.05) is 32.7 Å². The average Bonchev–Trinajstić information content (AvgIpc) is 3.33. The summed E-state index contributed by atoms with van der Waals surface area (Å²) in [5, 5.41) is 12.8. The van der Waals surface area contributed by atoms with Crippen LogP contribution in [0.1, 0.15) is 11.4 Å². The van der Waals surface area contributed by atoms with Crippen molar-refractivity contribution in [3.8, 4) is 5.82 Å². The van der Waals surface area contributed by atoms with Crippen molar-refractivity contribution in [2.24, 2.45) is 7.05 Å². The highest BCUT2D eigenvalue weighted by atomic mass is 32.2. The molecule has 31 heavy (non-hydrogen) atoms. The third-order valence-electron chi connectivity index (χ3n) is 5.36. The largest absolute Gasteiger partial charge is 0.299 e. The third kappa shape index (κ3) is 4.45. The van der Waals surface area contributed by atoms with Gasteiger partial charge in [0, 0.05) is 57.7 Å². The SMILES string of the molecule is Cc1cc(C)n(-c2ccc(=O)n(CCN3CCN(S(=O)(=O)c4cnn(C)c4)CC3)n2)n1. The molecule has 1 aliphatic heterocycles. The minimum atomic E-state index is -3.53. The molecule has 11 nitrogen and oxygen atoms in total. The van der Waals surface area contributed by atoms with E-state index in [0.717, 1.165) is 11.4 Å². The normalized spacial score (nSPS) is 16.1. The van der Waals surface area contributed by atoms with Crippen molar-refractivity contribution in [1.29, 1.82) is 0 Å². The fourth-order valence-corrected chi connectivity index (χ4v) is 5.09. The predicted molar refractivity (Wildman–Crippen MR) is 113 cm³/mol. The Morgan fingerprint density at radius 2 is 1.77 bits per heavy atom. The molecule has 0 atom stereocenters. The summed E-state index contributed by atoms with van der Waals surface area (Å²) in [7, 11) is -1.84. The summed E-state index contributed by atoms with van der Waals surface area (Å²) in [6.07, 6.45) is 2.88. The molecule has 166 valence electrons. The van der Waals surface area contributed by atoms with Gasteiger partial charge in [-0.2, -0.15) is 14.5 Å². The number of aromatic nitrogens is 6. The van der Waals surface area contributed by atoms with E-state index in [9.17, 15) is 13.2 Å². The van der Waals surface area contributed by atoms with E-state index in [2.05, 4.69) is 20.2 Å². The van der Waals surface area contributed by atoms with Gasteiger partial charge in [-0.25, -0.2) is 17.8 Å². The first-order valence-electron chi connectivity index (χ1n) is 10.1. The lowest BCUT2D eigenvalue weighted by Gasteiger charge is -2.33. The molecule has 0 N–H and O–H groups in total. The molecule has 0 saturated carbocycles. The Morgan fingerprint density at radius 1 is 1.03 bits per heavy atom. The maximum Gasteiger partial charge on any atom is 0.266 e. The number of nitrogens with zero attached hydrogens (tertiary/aromatic N) is 8. The molecule has 0 bridgehead atoms. The number of hydrogen-bond donors (Lipinski definition) is 0. The van der Waals surface area contributed by atoms with Crippen LogP contribution in [0, 0.1) is 13.8 Å². The molecule has 1 aliphatic rings. The van der Waals surface area contributed by atoms with Gasteiger partial charge >= 0.3 is 0 Å². The van der Waals surface area contributed by atoms with Gasteiger partial charge in [0.15, 0.2) is 5.82 Å². The molecule has 3 aromatic rings. The van der Waals surface area contributed by atoms with Crippen molar-refractivity contribution in [3.63, 3.8) is 0 Å². The predicted octanol–water partition coefficient (Wildman–Crippen LogP) is -0.214. The molecule has 0 amide bonds. The van der Waals surface area contributed by atoms with E-state index in [0.29, 0.717) is 45.1 Å². The van der Waals surface area contributed by atoms with Crippen LogP contribution >= 0.6 is 0 Å². The first kappa shape index (κ1) is 21.4. The van der Waals surface area contributed by atoms with E-state index >= 15 is 0 Å². The standard InChI is InChI=1S/C19H26N8O3S/c1-15-12-16(2)27(21-15)18-4-5-19(28)26(22-18)11-8-24-6-9-25(10-7-24)31(29,30)17-13-20-23(3)14-17/h4-5,12-14H,6-11H2,1-3H3. The summed E-state index contributed by atoms with van der Waals surface area (Å²) < 4.78 is 31.6. The van der Waals surface area contributed by atoms with Crippen molar-refractivity contribution >= 4 is 10.0 Å². The molecular formula is C19H26N8O3S. The molecule has 0 unspecified atom stereocenters. The van der Waals surface area contributed by atoms with Gasteiger partial charge in [-0.1, -0.05) is 0 Å². The lowest BCUT2D eigenvalue weighted by atomic mass is 10.3. The highest BCUT2D eigenvalue weighted by Gasteiger charge is 2.29. The Hall–Kier alpha value is -2.83. The first-order chi connectivity index (χ1) is 14.7. The number of sulfonamides is 1. The first-order valence-corrected chi connectivity index (χ1v) is 11.5. The highest BCUT2D eigenvalue weighted by Crippen LogP contribution is 2.16. The molecule has 1 fully saturated rings. The molecule has 0 radical (unpaired) electrons. The Morgan fingerprint density at radius 3 is 2.39 bits per heavy atom. The average molecular weight is 447 g/mol. The molecule has 0 aromatic carbocycles. The van der Waals surface area contributed by atoms with Crippen LogP contribution in [-0.2, 0) is 23.6 Å². The number of aryl methyl sites for hydroxylation is 3. The lowest BCUT2D eigenvalue weighted by molar-refractivity contribution is 0.180. The van der Waals surface area contributed by atoms with Crippen LogP contribution in [0.3, 0.4) is 0 Å². The second-order valence-corrected chi connectivity index (χ2v) is 9.63. The van der Waals surface area contributed by atoms with Gasteiger partial charge < -0.3 is 0 Å². The van der Waals surface area contributed by atoms with Crippen molar-refractivity contribution in [1.82, 2.24) is 38.5 Å². The van der Waals surface area contributed by atoms with Crippen molar-refractivity contribution in [2.45, 2.75) is 25.3 Å². The summed E-state index contributed by atoms with van der Waals surface area (Å²) in [5.74, 6) is 0.595. The Bertz CT molecular complexity index is 1240. The van der Waals surface area contributed by atoms with Crippen LogP contribution in [0.15, 0.2) is 40.3 Å². The fraction of sp³-hybridized carbons (Fsp3) is 0.474. The summed E-state index contributed by atoms with van der Waals surface area (Å²) in [5.41, 5.74) is 1.65. The van der Waals surface area contributed by atoms with E-state index in [1.54, 1.807) is 17.8 Å². The van der Waals surface area contributed by atoms with Crippen molar-refractivity contribution < 1.29 is 8.42 Å². The van der Waals surface area contributed by atoms with Crippen molar-refractivity contribution in [3.05, 3.63) is 52.3 Å². The zero-order chi connectivity index (χ0) is 22.2. The fourth-order valence-electron chi connectivity index (χ4n) is 3.68. The summed E-state index contributed by atoms with van der Waals surface area (Å²) in [4.78, 5) is 14.6. The number of hydrogen-bond acceptors (Lipinski definition) is 7. The van der Waals surface area contributed by atoms with Gasteiger partial charge in [-0.3, -0.25) is 14.4 Å². The van der Waals surface area contributed by atoms with Gasteiger partial charge in [0.05, 0.1) is 18.4 Å². The van der Waals surface area contributed by atoms with Gasteiger partial charge in [0.2, 0.25) is 10.0 Å². The minimum Gasteiger partial charge on any atom is -0.299 e. The highest BCUT2D eigenvalue weighted by molar-refractivity contribution is 7.89. The van der Waals surface area contributed by atoms with Crippen LogP contribution in [0.5, 0.6) is 0 Å². The maximum absolute atomic E-state index is 12.7. The molecule has 3 aromatic heterocycles. The monoisotopic (exact) mass is 446 g/mol. The van der Waals surface area contributed by atoms with Gasteiger partial charge in [-0.15, -0.1) is 5.10 Å². The quantitative estimate of drug-likeness (QED) is 0.515. The molecule has 4 rings (SSSR count). The number of piperazine rings is 1. The van der Waals surface area contributed by atoms with Gasteiger partial charge in [0.25, 0.3) is 5.56 Å². The van der Waals surface area contributed by atoms with Crippen LogP contribution in [0.25, 0.3) is 5.82 Å². The third-order valence-corrected chi connectivity index (χ3v) is 7.21. The van der Waals surface area contributed by atoms with Crippen LogP contribution in [-0.4, -0.2) is 79.7 Å². The smallest absolute Gasteiger partial charge is 0.266 e. The summed E-state index contributed by atoms with van der Waals surface area (Å²) in [6, 6.07) is 5.12. The molecule has 0 spiro atoms. The Balaban J connectivity index is 1.38. The minimum absolute atomic E-state index is 0.178. The van der Waals surface area contributed by atoms with Crippen LogP contribution < -0.4 is 5.56 Å².